The highest BCUT2D eigenvalue weighted by molar-refractivity contribution is 4.84. The standard InChI is InChI=1S/C13H28N2/c1-6-13(3,4)15(5)11(2)9-10-14-12-7-8-12/h11-12,14H,6-10H2,1-5H3. The Morgan fingerprint density at radius 2 is 2.00 bits per heavy atom. The van der Waals surface area contributed by atoms with Gasteiger partial charge in [0.2, 0.25) is 0 Å². The molecule has 1 atom stereocenters. The average molecular weight is 212 g/mol. The van der Waals surface area contributed by atoms with Crippen LogP contribution in [0, 0.1) is 0 Å². The highest BCUT2D eigenvalue weighted by Gasteiger charge is 2.25. The van der Waals surface area contributed by atoms with Gasteiger partial charge in [0.15, 0.2) is 0 Å². The van der Waals surface area contributed by atoms with Crippen LogP contribution in [0.25, 0.3) is 0 Å². The lowest BCUT2D eigenvalue weighted by atomic mass is 9.97. The van der Waals surface area contributed by atoms with E-state index in [0.717, 1.165) is 6.04 Å². The highest BCUT2D eigenvalue weighted by atomic mass is 15.2. The number of nitrogens with zero attached hydrogens (tertiary/aromatic N) is 1. The number of hydrogen-bond donors (Lipinski definition) is 1. The molecular formula is C13H28N2. The van der Waals surface area contributed by atoms with Gasteiger partial charge in [-0.25, -0.2) is 0 Å². The van der Waals surface area contributed by atoms with Crippen LogP contribution < -0.4 is 5.32 Å². The fourth-order valence-corrected chi connectivity index (χ4v) is 1.82. The molecule has 0 spiro atoms. The van der Waals surface area contributed by atoms with Gasteiger partial charge in [-0.1, -0.05) is 6.92 Å². The van der Waals surface area contributed by atoms with E-state index >= 15 is 0 Å². The van der Waals surface area contributed by atoms with Crippen LogP contribution in [0.15, 0.2) is 0 Å². The van der Waals surface area contributed by atoms with Gasteiger partial charge in [-0.05, 0) is 60.0 Å². The van der Waals surface area contributed by atoms with Gasteiger partial charge < -0.3 is 5.32 Å². The van der Waals surface area contributed by atoms with E-state index in [1.807, 2.05) is 0 Å². The van der Waals surface area contributed by atoms with Crippen molar-refractivity contribution >= 4 is 0 Å². The molecule has 0 heterocycles. The van der Waals surface area contributed by atoms with Crippen molar-refractivity contribution in [1.82, 2.24) is 10.2 Å². The second kappa shape index (κ2) is 5.31. The summed E-state index contributed by atoms with van der Waals surface area (Å²) in [7, 11) is 2.26. The summed E-state index contributed by atoms with van der Waals surface area (Å²) < 4.78 is 0. The molecule has 90 valence electrons. The Morgan fingerprint density at radius 1 is 1.40 bits per heavy atom. The Balaban J connectivity index is 2.21. The topological polar surface area (TPSA) is 15.3 Å². The van der Waals surface area contributed by atoms with Crippen LogP contribution in [-0.4, -0.2) is 36.1 Å². The molecule has 0 aromatic heterocycles. The number of rotatable bonds is 7. The van der Waals surface area contributed by atoms with E-state index in [0.29, 0.717) is 11.6 Å². The predicted octanol–water partition coefficient (Wildman–Crippen LogP) is 2.64. The highest BCUT2D eigenvalue weighted by Crippen LogP contribution is 2.21. The smallest absolute Gasteiger partial charge is 0.0150 e. The van der Waals surface area contributed by atoms with Crippen LogP contribution >= 0.6 is 0 Å². The summed E-state index contributed by atoms with van der Waals surface area (Å²) in [4.78, 5) is 2.52. The van der Waals surface area contributed by atoms with Gasteiger partial charge in [0, 0.05) is 17.6 Å². The Hall–Kier alpha value is -0.0800. The van der Waals surface area contributed by atoms with Crippen molar-refractivity contribution in [3.63, 3.8) is 0 Å². The SMILES string of the molecule is CCC(C)(C)N(C)C(C)CCNC1CC1. The summed E-state index contributed by atoms with van der Waals surface area (Å²) in [5.74, 6) is 0. The Labute approximate surface area is 95.4 Å². The normalized spacial score (nSPS) is 19.6. The molecule has 0 aliphatic heterocycles. The maximum Gasteiger partial charge on any atom is 0.0150 e. The summed E-state index contributed by atoms with van der Waals surface area (Å²) >= 11 is 0. The quantitative estimate of drug-likeness (QED) is 0.698. The van der Waals surface area contributed by atoms with Gasteiger partial charge in [-0.3, -0.25) is 4.90 Å². The van der Waals surface area contributed by atoms with Crippen LogP contribution in [0.1, 0.15) is 53.4 Å². The summed E-state index contributed by atoms with van der Waals surface area (Å²) in [6, 6.07) is 1.52. The van der Waals surface area contributed by atoms with E-state index in [2.05, 4.69) is 45.0 Å². The Bertz CT molecular complexity index is 185. The molecule has 1 N–H and O–H groups in total. The van der Waals surface area contributed by atoms with Crippen molar-refractivity contribution in [2.45, 2.75) is 71.0 Å². The van der Waals surface area contributed by atoms with Crippen LogP contribution in [0.3, 0.4) is 0 Å². The van der Waals surface area contributed by atoms with Crippen LogP contribution in [0.2, 0.25) is 0 Å². The third-order valence-electron chi connectivity index (χ3n) is 4.05. The second-order valence-corrected chi connectivity index (χ2v) is 5.64. The Morgan fingerprint density at radius 3 is 2.47 bits per heavy atom. The molecule has 1 unspecified atom stereocenters. The first-order valence-electron chi connectivity index (χ1n) is 6.43. The van der Waals surface area contributed by atoms with Crippen LogP contribution in [0.4, 0.5) is 0 Å². The van der Waals surface area contributed by atoms with Crippen molar-refractivity contribution in [3.8, 4) is 0 Å². The van der Waals surface area contributed by atoms with Gasteiger partial charge in [0.05, 0.1) is 0 Å². The van der Waals surface area contributed by atoms with Crippen LogP contribution in [0.5, 0.6) is 0 Å². The fraction of sp³-hybridized carbons (Fsp3) is 1.00. The third-order valence-corrected chi connectivity index (χ3v) is 4.05. The van der Waals surface area contributed by atoms with Crippen molar-refractivity contribution < 1.29 is 0 Å². The van der Waals surface area contributed by atoms with Gasteiger partial charge in [-0.15, -0.1) is 0 Å². The maximum absolute atomic E-state index is 3.59. The van der Waals surface area contributed by atoms with E-state index < -0.39 is 0 Å². The van der Waals surface area contributed by atoms with Crippen molar-refractivity contribution in [3.05, 3.63) is 0 Å². The van der Waals surface area contributed by atoms with Gasteiger partial charge in [-0.2, -0.15) is 0 Å². The maximum atomic E-state index is 3.59. The first-order chi connectivity index (χ1) is 6.97. The molecule has 0 aromatic rings. The molecule has 1 saturated carbocycles. The predicted molar refractivity (Wildman–Crippen MR) is 67.2 cm³/mol. The van der Waals surface area contributed by atoms with Crippen LogP contribution in [-0.2, 0) is 0 Å². The average Bonchev–Trinajstić information content (AvgIpc) is 3.00. The minimum Gasteiger partial charge on any atom is -0.314 e. The molecule has 1 aliphatic rings. The van der Waals surface area contributed by atoms with E-state index in [-0.39, 0.29) is 0 Å². The molecule has 2 nitrogen and oxygen atoms in total. The fourth-order valence-electron chi connectivity index (χ4n) is 1.82. The molecule has 0 amide bonds. The van der Waals surface area contributed by atoms with Crippen molar-refractivity contribution in [2.24, 2.45) is 0 Å². The van der Waals surface area contributed by atoms with E-state index in [9.17, 15) is 0 Å². The summed E-state index contributed by atoms with van der Waals surface area (Å²) in [5, 5.41) is 3.59. The molecular weight excluding hydrogens is 184 g/mol. The molecule has 0 radical (unpaired) electrons. The lowest BCUT2D eigenvalue weighted by molar-refractivity contribution is 0.101. The number of nitrogens with one attached hydrogen (secondary N) is 1. The molecule has 1 aliphatic carbocycles. The number of hydrogen-bond acceptors (Lipinski definition) is 2. The van der Waals surface area contributed by atoms with Crippen molar-refractivity contribution in [1.29, 1.82) is 0 Å². The molecule has 0 aromatic carbocycles. The molecule has 2 heteroatoms. The lowest BCUT2D eigenvalue weighted by Crippen LogP contribution is -2.46. The zero-order valence-electron chi connectivity index (χ0n) is 11.1. The largest absolute Gasteiger partial charge is 0.314 e. The van der Waals surface area contributed by atoms with Gasteiger partial charge in [0.25, 0.3) is 0 Å². The summed E-state index contributed by atoms with van der Waals surface area (Å²) in [5.41, 5.74) is 0.332. The third kappa shape index (κ3) is 4.12. The summed E-state index contributed by atoms with van der Waals surface area (Å²) in [6.07, 6.45) is 5.26. The minimum absolute atomic E-state index is 0.332. The van der Waals surface area contributed by atoms with Gasteiger partial charge >= 0.3 is 0 Å². The lowest BCUT2D eigenvalue weighted by Gasteiger charge is -2.39. The molecule has 1 rings (SSSR count). The Kier molecular flexibility index (Phi) is 4.60. The van der Waals surface area contributed by atoms with Gasteiger partial charge in [0.1, 0.15) is 0 Å². The monoisotopic (exact) mass is 212 g/mol. The minimum atomic E-state index is 0.332. The zero-order valence-corrected chi connectivity index (χ0v) is 11.1. The molecule has 15 heavy (non-hydrogen) atoms. The second-order valence-electron chi connectivity index (χ2n) is 5.64. The molecule has 0 bridgehead atoms. The molecule has 0 saturated heterocycles. The zero-order chi connectivity index (χ0) is 11.5. The van der Waals surface area contributed by atoms with E-state index in [4.69, 9.17) is 0 Å². The van der Waals surface area contributed by atoms with E-state index in [1.54, 1.807) is 0 Å². The van der Waals surface area contributed by atoms with E-state index in [1.165, 1.54) is 32.2 Å². The first kappa shape index (κ1) is 13.0. The molecule has 1 fully saturated rings. The summed E-state index contributed by atoms with van der Waals surface area (Å²) in [6.45, 7) is 10.4. The first-order valence-corrected chi connectivity index (χ1v) is 6.43. The van der Waals surface area contributed by atoms with Crippen molar-refractivity contribution in [2.75, 3.05) is 13.6 Å².